The number of nitrogens with two attached hydrogens (primary N) is 1. The van der Waals surface area contributed by atoms with Crippen molar-refractivity contribution in [3.63, 3.8) is 0 Å². The SMILES string of the molecule is Cc1cccc(Cl)c1NS(=O)(=O)Cc1cccc(N)c1. The highest BCUT2D eigenvalue weighted by atomic mass is 35.5. The molecule has 0 aromatic heterocycles. The molecule has 2 aromatic carbocycles. The minimum absolute atomic E-state index is 0.150. The summed E-state index contributed by atoms with van der Waals surface area (Å²) in [6, 6.07) is 12.0. The predicted molar refractivity (Wildman–Crippen MR) is 83.3 cm³/mol. The predicted octanol–water partition coefficient (Wildman–Crippen LogP) is 3.17. The first-order valence-corrected chi connectivity index (χ1v) is 8.00. The molecule has 4 nitrogen and oxygen atoms in total. The molecule has 0 unspecified atom stereocenters. The molecule has 0 fully saturated rings. The van der Waals surface area contributed by atoms with Crippen LogP contribution in [0.5, 0.6) is 0 Å². The Labute approximate surface area is 123 Å². The molecule has 6 heteroatoms. The molecule has 0 radical (unpaired) electrons. The van der Waals surface area contributed by atoms with Crippen LogP contribution in [0.25, 0.3) is 0 Å². The van der Waals surface area contributed by atoms with Crippen molar-refractivity contribution in [2.75, 3.05) is 10.5 Å². The Morgan fingerprint density at radius 2 is 1.90 bits per heavy atom. The second-order valence-corrected chi connectivity index (χ2v) is 6.67. The monoisotopic (exact) mass is 310 g/mol. The van der Waals surface area contributed by atoms with Crippen molar-refractivity contribution in [3.05, 3.63) is 58.6 Å². The van der Waals surface area contributed by atoms with Gasteiger partial charge in [0.2, 0.25) is 10.0 Å². The van der Waals surface area contributed by atoms with E-state index in [1.807, 2.05) is 0 Å². The number of benzene rings is 2. The van der Waals surface area contributed by atoms with E-state index in [1.54, 1.807) is 49.4 Å². The number of aryl methyl sites for hydroxylation is 1. The molecule has 0 aliphatic heterocycles. The first kappa shape index (κ1) is 14.7. The van der Waals surface area contributed by atoms with Crippen LogP contribution in [0.2, 0.25) is 5.02 Å². The summed E-state index contributed by atoms with van der Waals surface area (Å²) in [5.74, 6) is -0.150. The summed E-state index contributed by atoms with van der Waals surface area (Å²) in [6.07, 6.45) is 0. The van der Waals surface area contributed by atoms with Crippen LogP contribution >= 0.6 is 11.6 Å². The van der Waals surface area contributed by atoms with E-state index < -0.39 is 10.0 Å². The molecule has 0 heterocycles. The van der Waals surface area contributed by atoms with E-state index in [2.05, 4.69) is 4.72 Å². The molecule has 0 amide bonds. The fraction of sp³-hybridized carbons (Fsp3) is 0.143. The third-order valence-electron chi connectivity index (χ3n) is 2.79. The Morgan fingerprint density at radius 1 is 1.20 bits per heavy atom. The van der Waals surface area contributed by atoms with Crippen molar-refractivity contribution < 1.29 is 8.42 Å². The van der Waals surface area contributed by atoms with Crippen molar-refractivity contribution in [3.8, 4) is 0 Å². The molecule has 2 rings (SSSR count). The lowest BCUT2D eigenvalue weighted by Crippen LogP contribution is -2.16. The molecule has 106 valence electrons. The number of hydrogen-bond donors (Lipinski definition) is 2. The van der Waals surface area contributed by atoms with Gasteiger partial charge in [-0.1, -0.05) is 35.9 Å². The zero-order valence-electron chi connectivity index (χ0n) is 10.9. The van der Waals surface area contributed by atoms with Crippen molar-refractivity contribution in [1.82, 2.24) is 0 Å². The molecule has 0 bridgehead atoms. The van der Waals surface area contributed by atoms with Gasteiger partial charge in [-0.3, -0.25) is 4.72 Å². The van der Waals surface area contributed by atoms with Crippen LogP contribution in [-0.2, 0) is 15.8 Å². The van der Waals surface area contributed by atoms with Gasteiger partial charge in [-0.05, 0) is 36.2 Å². The van der Waals surface area contributed by atoms with Gasteiger partial charge >= 0.3 is 0 Å². The second kappa shape index (κ2) is 5.73. The molecule has 20 heavy (non-hydrogen) atoms. The number of para-hydroxylation sites is 1. The van der Waals surface area contributed by atoms with E-state index >= 15 is 0 Å². The first-order valence-electron chi connectivity index (χ1n) is 5.97. The van der Waals surface area contributed by atoms with Crippen molar-refractivity contribution in [2.24, 2.45) is 0 Å². The summed E-state index contributed by atoms with van der Waals surface area (Å²) in [7, 11) is -3.54. The van der Waals surface area contributed by atoms with Crippen LogP contribution in [0.3, 0.4) is 0 Å². The van der Waals surface area contributed by atoms with Crippen molar-refractivity contribution in [2.45, 2.75) is 12.7 Å². The molecular formula is C14H15ClN2O2S. The van der Waals surface area contributed by atoms with E-state index in [0.717, 1.165) is 5.56 Å². The van der Waals surface area contributed by atoms with Gasteiger partial charge < -0.3 is 5.73 Å². The molecule has 2 aromatic rings. The summed E-state index contributed by atoms with van der Waals surface area (Å²) in [6.45, 7) is 1.80. The van der Waals surface area contributed by atoms with Crippen LogP contribution in [0.15, 0.2) is 42.5 Å². The number of nitrogen functional groups attached to an aromatic ring is 1. The van der Waals surface area contributed by atoms with Gasteiger partial charge in [0.1, 0.15) is 0 Å². The summed E-state index contributed by atoms with van der Waals surface area (Å²) >= 11 is 6.02. The van der Waals surface area contributed by atoms with Crippen molar-refractivity contribution in [1.29, 1.82) is 0 Å². The van der Waals surface area contributed by atoms with E-state index in [1.165, 1.54) is 0 Å². The smallest absolute Gasteiger partial charge is 0.236 e. The molecule has 0 aliphatic rings. The molecule has 0 aliphatic carbocycles. The van der Waals surface area contributed by atoms with Crippen LogP contribution < -0.4 is 10.5 Å². The maximum absolute atomic E-state index is 12.2. The molecular weight excluding hydrogens is 296 g/mol. The Kier molecular flexibility index (Phi) is 4.20. The van der Waals surface area contributed by atoms with E-state index in [0.29, 0.717) is 22.0 Å². The summed E-state index contributed by atoms with van der Waals surface area (Å²) in [5.41, 5.74) is 7.99. The molecule has 0 saturated heterocycles. The lowest BCUT2D eigenvalue weighted by atomic mass is 10.2. The minimum Gasteiger partial charge on any atom is -0.399 e. The molecule has 0 atom stereocenters. The normalized spacial score (nSPS) is 11.3. The van der Waals surface area contributed by atoms with Gasteiger partial charge in [0.05, 0.1) is 16.5 Å². The summed E-state index contributed by atoms with van der Waals surface area (Å²) < 4.78 is 26.9. The quantitative estimate of drug-likeness (QED) is 0.852. The van der Waals surface area contributed by atoms with Gasteiger partial charge in [0.15, 0.2) is 0 Å². The number of rotatable bonds is 4. The Bertz CT molecular complexity index is 709. The average Bonchev–Trinajstić information content (AvgIpc) is 2.33. The third-order valence-corrected chi connectivity index (χ3v) is 4.33. The zero-order valence-corrected chi connectivity index (χ0v) is 12.5. The molecule has 0 saturated carbocycles. The highest BCUT2D eigenvalue weighted by molar-refractivity contribution is 7.91. The summed E-state index contributed by atoms with van der Waals surface area (Å²) in [4.78, 5) is 0. The van der Waals surface area contributed by atoms with Crippen LogP contribution in [-0.4, -0.2) is 8.42 Å². The van der Waals surface area contributed by atoms with Crippen LogP contribution in [0.4, 0.5) is 11.4 Å². The lowest BCUT2D eigenvalue weighted by Gasteiger charge is -2.12. The highest BCUT2D eigenvalue weighted by Gasteiger charge is 2.15. The van der Waals surface area contributed by atoms with E-state index in [-0.39, 0.29) is 5.75 Å². The largest absolute Gasteiger partial charge is 0.399 e. The van der Waals surface area contributed by atoms with Crippen LogP contribution in [0.1, 0.15) is 11.1 Å². The Morgan fingerprint density at radius 3 is 2.55 bits per heavy atom. The fourth-order valence-electron chi connectivity index (χ4n) is 1.86. The average molecular weight is 311 g/mol. The highest BCUT2D eigenvalue weighted by Crippen LogP contribution is 2.27. The van der Waals surface area contributed by atoms with Gasteiger partial charge in [-0.2, -0.15) is 0 Å². The van der Waals surface area contributed by atoms with Gasteiger partial charge in [-0.15, -0.1) is 0 Å². The van der Waals surface area contributed by atoms with E-state index in [9.17, 15) is 8.42 Å². The fourth-order valence-corrected chi connectivity index (χ4v) is 3.45. The Balaban J connectivity index is 2.24. The first-order chi connectivity index (χ1) is 9.37. The number of halogens is 1. The molecule has 3 N–H and O–H groups in total. The number of nitrogens with one attached hydrogen (secondary N) is 1. The minimum atomic E-state index is -3.54. The standard InChI is InChI=1S/C14H15ClN2O2S/c1-10-4-2-7-13(15)14(10)17-20(18,19)9-11-5-3-6-12(16)8-11/h2-8,17H,9,16H2,1H3. The number of sulfonamides is 1. The number of anilines is 2. The van der Waals surface area contributed by atoms with E-state index in [4.69, 9.17) is 17.3 Å². The van der Waals surface area contributed by atoms with Gasteiger partial charge in [-0.25, -0.2) is 8.42 Å². The second-order valence-electron chi connectivity index (χ2n) is 4.54. The maximum atomic E-state index is 12.2. The number of hydrogen-bond acceptors (Lipinski definition) is 3. The zero-order chi connectivity index (χ0) is 14.8. The molecule has 0 spiro atoms. The van der Waals surface area contributed by atoms with Gasteiger partial charge in [0, 0.05) is 5.69 Å². The third kappa shape index (κ3) is 3.65. The summed E-state index contributed by atoms with van der Waals surface area (Å²) in [5, 5.41) is 0.376. The van der Waals surface area contributed by atoms with Crippen LogP contribution in [0, 0.1) is 6.92 Å². The topological polar surface area (TPSA) is 72.2 Å². The Hall–Kier alpha value is -1.72. The lowest BCUT2D eigenvalue weighted by molar-refractivity contribution is 0.600. The van der Waals surface area contributed by atoms with Gasteiger partial charge in [0.25, 0.3) is 0 Å². The maximum Gasteiger partial charge on any atom is 0.236 e. The van der Waals surface area contributed by atoms with Crippen molar-refractivity contribution >= 4 is 33.0 Å².